The second-order valence-corrected chi connectivity index (χ2v) is 5.57. The molecule has 1 saturated carbocycles. The first-order chi connectivity index (χ1) is 10.2. The molecule has 0 atom stereocenters. The summed E-state index contributed by atoms with van der Waals surface area (Å²) in [5.74, 6) is 0.450. The molecular formula is C16H20FN3O. The topological polar surface area (TPSA) is 35.6 Å². The molecule has 0 radical (unpaired) electrons. The second kappa shape index (κ2) is 6.16. The molecule has 1 aromatic rings. The molecule has 1 aliphatic carbocycles. The Balaban J connectivity index is 1.50. The minimum atomic E-state index is -0.206. The van der Waals surface area contributed by atoms with E-state index in [0.29, 0.717) is 37.8 Å². The summed E-state index contributed by atoms with van der Waals surface area (Å²) in [7, 11) is 0. The standard InChI is InChI=1S/C16H20FN3O/c17-14-3-1-2-4-15(14)19-9-11-20(12-10-19)16(21)18-8-7-13-5-6-13/h1-4,7-8,13H,5-6,9-12H2,(H,18,21)/b8-7+. The Labute approximate surface area is 124 Å². The van der Waals surface area contributed by atoms with Crippen LogP contribution in [0.25, 0.3) is 0 Å². The first kappa shape index (κ1) is 13.9. The molecule has 2 fully saturated rings. The Morgan fingerprint density at radius 2 is 1.90 bits per heavy atom. The number of anilines is 1. The van der Waals surface area contributed by atoms with E-state index in [9.17, 15) is 9.18 Å². The Morgan fingerprint density at radius 1 is 1.19 bits per heavy atom. The van der Waals surface area contributed by atoms with Gasteiger partial charge in [0.25, 0.3) is 0 Å². The SMILES string of the molecule is O=C(N/C=C/C1CC1)N1CCN(c2ccccc2F)CC1. The number of hydrogen-bond acceptors (Lipinski definition) is 2. The van der Waals surface area contributed by atoms with Gasteiger partial charge < -0.3 is 15.1 Å². The second-order valence-electron chi connectivity index (χ2n) is 5.57. The zero-order valence-electron chi connectivity index (χ0n) is 12.0. The fourth-order valence-corrected chi connectivity index (χ4v) is 2.49. The van der Waals surface area contributed by atoms with Crippen LogP contribution in [0.5, 0.6) is 0 Å². The summed E-state index contributed by atoms with van der Waals surface area (Å²) in [4.78, 5) is 15.7. The van der Waals surface area contributed by atoms with Gasteiger partial charge in [-0.3, -0.25) is 0 Å². The fraction of sp³-hybridized carbons (Fsp3) is 0.438. The van der Waals surface area contributed by atoms with E-state index in [1.54, 1.807) is 23.2 Å². The van der Waals surface area contributed by atoms with E-state index in [4.69, 9.17) is 0 Å². The number of nitrogens with one attached hydrogen (secondary N) is 1. The van der Waals surface area contributed by atoms with Gasteiger partial charge in [-0.1, -0.05) is 18.2 Å². The molecule has 21 heavy (non-hydrogen) atoms. The summed E-state index contributed by atoms with van der Waals surface area (Å²) in [6.45, 7) is 2.52. The zero-order valence-corrected chi connectivity index (χ0v) is 12.0. The third-order valence-electron chi connectivity index (χ3n) is 3.96. The molecule has 1 aliphatic heterocycles. The summed E-state index contributed by atoms with van der Waals surface area (Å²) in [6, 6.07) is 6.70. The molecule has 2 aliphatic rings. The van der Waals surface area contributed by atoms with Gasteiger partial charge in [0.1, 0.15) is 5.82 Å². The molecule has 1 N–H and O–H groups in total. The molecule has 1 aromatic carbocycles. The molecule has 0 bridgehead atoms. The number of urea groups is 1. The summed E-state index contributed by atoms with van der Waals surface area (Å²) in [5.41, 5.74) is 0.617. The normalized spacial score (nSPS) is 19.1. The minimum absolute atomic E-state index is 0.0694. The van der Waals surface area contributed by atoms with Crippen molar-refractivity contribution in [3.8, 4) is 0 Å². The number of benzene rings is 1. The van der Waals surface area contributed by atoms with Crippen molar-refractivity contribution in [3.63, 3.8) is 0 Å². The monoisotopic (exact) mass is 289 g/mol. The van der Waals surface area contributed by atoms with Crippen molar-refractivity contribution in [2.45, 2.75) is 12.8 Å². The van der Waals surface area contributed by atoms with Gasteiger partial charge >= 0.3 is 6.03 Å². The Bertz CT molecular complexity index is 534. The lowest BCUT2D eigenvalue weighted by molar-refractivity contribution is 0.198. The van der Waals surface area contributed by atoms with Crippen molar-refractivity contribution >= 4 is 11.7 Å². The highest BCUT2D eigenvalue weighted by Gasteiger charge is 2.22. The molecule has 2 amide bonds. The average Bonchev–Trinajstić information content (AvgIpc) is 3.32. The summed E-state index contributed by atoms with van der Waals surface area (Å²) >= 11 is 0. The third kappa shape index (κ3) is 3.54. The predicted octanol–water partition coefficient (Wildman–Crippen LogP) is 2.58. The highest BCUT2D eigenvalue weighted by molar-refractivity contribution is 5.75. The van der Waals surface area contributed by atoms with Crippen LogP contribution in [0.1, 0.15) is 12.8 Å². The zero-order chi connectivity index (χ0) is 14.7. The number of piperazine rings is 1. The van der Waals surface area contributed by atoms with Crippen molar-refractivity contribution in [1.82, 2.24) is 10.2 Å². The molecule has 3 rings (SSSR count). The van der Waals surface area contributed by atoms with Crippen LogP contribution in [0.15, 0.2) is 36.5 Å². The molecule has 5 heteroatoms. The first-order valence-electron chi connectivity index (χ1n) is 7.45. The molecule has 4 nitrogen and oxygen atoms in total. The summed E-state index contributed by atoms with van der Waals surface area (Å²) < 4.78 is 13.7. The van der Waals surface area contributed by atoms with Crippen molar-refractivity contribution in [3.05, 3.63) is 42.4 Å². The van der Waals surface area contributed by atoms with Gasteiger partial charge in [0.15, 0.2) is 0 Å². The molecule has 1 saturated heterocycles. The number of carbonyl (C=O) groups excluding carboxylic acids is 1. The van der Waals surface area contributed by atoms with E-state index in [0.717, 1.165) is 0 Å². The number of halogens is 1. The molecule has 1 heterocycles. The number of nitrogens with zero attached hydrogens (tertiary/aromatic N) is 2. The average molecular weight is 289 g/mol. The van der Waals surface area contributed by atoms with Gasteiger partial charge in [-0.25, -0.2) is 9.18 Å². The van der Waals surface area contributed by atoms with E-state index in [2.05, 4.69) is 5.32 Å². The highest BCUT2D eigenvalue weighted by Crippen LogP contribution is 2.29. The van der Waals surface area contributed by atoms with E-state index in [1.165, 1.54) is 18.9 Å². The molecule has 0 aromatic heterocycles. The van der Waals surface area contributed by atoms with Crippen LogP contribution in [0.3, 0.4) is 0 Å². The number of rotatable bonds is 3. The maximum atomic E-state index is 13.7. The third-order valence-corrected chi connectivity index (χ3v) is 3.96. The smallest absolute Gasteiger partial charge is 0.321 e. The maximum Gasteiger partial charge on any atom is 0.321 e. The number of para-hydroxylation sites is 1. The van der Waals surface area contributed by atoms with E-state index in [-0.39, 0.29) is 11.8 Å². The summed E-state index contributed by atoms with van der Waals surface area (Å²) in [6.07, 6.45) is 6.26. The van der Waals surface area contributed by atoms with Gasteiger partial charge in [-0.15, -0.1) is 0 Å². The van der Waals surface area contributed by atoms with Crippen LogP contribution in [0, 0.1) is 11.7 Å². The van der Waals surface area contributed by atoms with E-state index < -0.39 is 0 Å². The summed E-state index contributed by atoms with van der Waals surface area (Å²) in [5, 5.41) is 2.80. The fourth-order valence-electron chi connectivity index (χ4n) is 2.49. The van der Waals surface area contributed by atoms with Crippen molar-refractivity contribution in [2.75, 3.05) is 31.1 Å². The molecular weight excluding hydrogens is 269 g/mol. The lowest BCUT2D eigenvalue weighted by Gasteiger charge is -2.35. The van der Waals surface area contributed by atoms with Crippen molar-refractivity contribution in [2.24, 2.45) is 5.92 Å². The lowest BCUT2D eigenvalue weighted by atomic mass is 10.2. The predicted molar refractivity (Wildman–Crippen MR) is 80.6 cm³/mol. The molecule has 0 spiro atoms. The number of carbonyl (C=O) groups is 1. The highest BCUT2D eigenvalue weighted by atomic mass is 19.1. The molecule has 0 unspecified atom stereocenters. The van der Waals surface area contributed by atoms with Gasteiger partial charge in [0.2, 0.25) is 0 Å². The Kier molecular flexibility index (Phi) is 4.08. The van der Waals surface area contributed by atoms with Gasteiger partial charge in [-0.05, 0) is 30.9 Å². The number of amides is 2. The first-order valence-corrected chi connectivity index (χ1v) is 7.45. The van der Waals surface area contributed by atoms with E-state index in [1.807, 2.05) is 17.0 Å². The Morgan fingerprint density at radius 3 is 2.57 bits per heavy atom. The molecule has 112 valence electrons. The lowest BCUT2D eigenvalue weighted by Crippen LogP contribution is -2.51. The van der Waals surface area contributed by atoms with Crippen LogP contribution in [-0.2, 0) is 0 Å². The van der Waals surface area contributed by atoms with Crippen LogP contribution >= 0.6 is 0 Å². The largest absolute Gasteiger partial charge is 0.366 e. The van der Waals surface area contributed by atoms with Crippen molar-refractivity contribution in [1.29, 1.82) is 0 Å². The quantitative estimate of drug-likeness (QED) is 0.928. The van der Waals surface area contributed by atoms with Crippen LogP contribution < -0.4 is 10.2 Å². The number of allylic oxidation sites excluding steroid dienone is 1. The van der Waals surface area contributed by atoms with E-state index >= 15 is 0 Å². The Hall–Kier alpha value is -2.04. The van der Waals surface area contributed by atoms with Gasteiger partial charge in [0.05, 0.1) is 5.69 Å². The van der Waals surface area contributed by atoms with Crippen LogP contribution in [0.4, 0.5) is 14.9 Å². The maximum absolute atomic E-state index is 13.7. The van der Waals surface area contributed by atoms with Gasteiger partial charge in [-0.2, -0.15) is 0 Å². The van der Waals surface area contributed by atoms with Crippen molar-refractivity contribution < 1.29 is 9.18 Å². The minimum Gasteiger partial charge on any atom is -0.366 e. The number of hydrogen-bond donors (Lipinski definition) is 1. The van der Waals surface area contributed by atoms with Crippen LogP contribution in [-0.4, -0.2) is 37.1 Å². The van der Waals surface area contributed by atoms with Crippen LogP contribution in [0.2, 0.25) is 0 Å². The van der Waals surface area contributed by atoms with Gasteiger partial charge in [0, 0.05) is 32.4 Å².